The van der Waals surface area contributed by atoms with E-state index in [-0.39, 0.29) is 17.3 Å². The number of aromatic amines is 1. The molecule has 0 saturated carbocycles. The fraction of sp³-hybridized carbons (Fsp3) is 0.360. The van der Waals surface area contributed by atoms with Crippen molar-refractivity contribution in [2.45, 2.75) is 20.3 Å². The summed E-state index contributed by atoms with van der Waals surface area (Å²) in [6.45, 7) is 6.25. The quantitative estimate of drug-likeness (QED) is 0.382. The second kappa shape index (κ2) is 9.43. The molecule has 0 bridgehead atoms. The summed E-state index contributed by atoms with van der Waals surface area (Å²) in [5, 5.41) is 9.42. The largest absolute Gasteiger partial charge is 0.493 e. The summed E-state index contributed by atoms with van der Waals surface area (Å²) >= 11 is 0. The molecule has 184 valence electrons. The molecule has 0 atom stereocenters. The van der Waals surface area contributed by atoms with Crippen molar-refractivity contribution in [1.29, 1.82) is 0 Å². The zero-order chi connectivity index (χ0) is 24.6. The summed E-state index contributed by atoms with van der Waals surface area (Å²) in [6.07, 6.45) is 2.26. The predicted octanol–water partition coefficient (Wildman–Crippen LogP) is 4.16. The molecule has 0 radical (unpaired) electrons. The summed E-state index contributed by atoms with van der Waals surface area (Å²) in [5.74, 6) is 1.25. The molecule has 10 heteroatoms. The lowest BCUT2D eigenvalue weighted by molar-refractivity contribution is 0.245. The molecule has 4 aromatic rings. The number of H-pyrrole nitrogens is 1. The molecule has 2 aromatic heterocycles. The van der Waals surface area contributed by atoms with E-state index in [1.807, 2.05) is 26.0 Å². The third kappa shape index (κ3) is 5.08. The van der Waals surface area contributed by atoms with Crippen LogP contribution in [0, 0.1) is 19.7 Å². The third-order valence-corrected chi connectivity index (χ3v) is 7.88. The SMILES string of the molecule is Cc1cc2c(F)c(Oc3cnnc4cc(OCCCN5CCS(=O)(=O)CC5)c(C)cc34)ccc2[nH]1. The molecule has 3 heterocycles. The first-order valence-electron chi connectivity index (χ1n) is 11.6. The number of hydrogen-bond donors (Lipinski definition) is 1. The van der Waals surface area contributed by atoms with Crippen LogP contribution in [0.15, 0.2) is 36.5 Å². The number of nitrogens with one attached hydrogen (secondary N) is 1. The van der Waals surface area contributed by atoms with Gasteiger partial charge < -0.3 is 19.4 Å². The minimum absolute atomic E-state index is 0.120. The molecular formula is C25H27FN4O4S. The maximum atomic E-state index is 15.0. The standard InChI is InChI=1S/C25H27FN4O4S/c1-16-12-18-21(14-23(16)33-9-3-6-30-7-10-35(31,32)11-8-30)29-27-15-24(18)34-22-5-4-20-19(25(22)26)13-17(2)28-20/h4-5,12-15,28H,3,6-11H2,1-2H3. The Kier molecular flexibility index (Phi) is 6.33. The van der Waals surface area contributed by atoms with E-state index in [4.69, 9.17) is 9.47 Å². The van der Waals surface area contributed by atoms with Gasteiger partial charge in [-0.05, 0) is 50.1 Å². The van der Waals surface area contributed by atoms with Gasteiger partial charge in [-0.25, -0.2) is 12.8 Å². The molecular weight excluding hydrogens is 471 g/mol. The van der Waals surface area contributed by atoms with E-state index in [0.29, 0.717) is 53.0 Å². The van der Waals surface area contributed by atoms with Crippen molar-refractivity contribution >= 4 is 31.6 Å². The van der Waals surface area contributed by atoms with Crippen molar-refractivity contribution in [3.63, 3.8) is 0 Å². The lowest BCUT2D eigenvalue weighted by Crippen LogP contribution is -2.40. The Balaban J connectivity index is 1.28. The fourth-order valence-electron chi connectivity index (χ4n) is 4.34. The first kappa shape index (κ1) is 23.5. The van der Waals surface area contributed by atoms with Gasteiger partial charge in [0.15, 0.2) is 27.2 Å². The molecule has 0 amide bonds. The highest BCUT2D eigenvalue weighted by Crippen LogP contribution is 2.35. The van der Waals surface area contributed by atoms with Crippen molar-refractivity contribution in [3.8, 4) is 17.2 Å². The average molecular weight is 499 g/mol. The van der Waals surface area contributed by atoms with Crippen LogP contribution in [0.4, 0.5) is 4.39 Å². The number of ether oxygens (including phenoxy) is 2. The highest BCUT2D eigenvalue weighted by Gasteiger charge is 2.21. The topological polar surface area (TPSA) is 97.4 Å². The third-order valence-electron chi connectivity index (χ3n) is 6.27. The smallest absolute Gasteiger partial charge is 0.175 e. The summed E-state index contributed by atoms with van der Waals surface area (Å²) in [5.41, 5.74) is 3.08. The minimum atomic E-state index is -2.87. The molecule has 1 aliphatic rings. The van der Waals surface area contributed by atoms with Crippen LogP contribution >= 0.6 is 0 Å². The monoisotopic (exact) mass is 498 g/mol. The number of nitrogens with zero attached hydrogens (tertiary/aromatic N) is 3. The number of aromatic nitrogens is 3. The molecule has 5 rings (SSSR count). The van der Waals surface area contributed by atoms with Crippen LogP contribution in [0.5, 0.6) is 17.2 Å². The zero-order valence-corrected chi connectivity index (χ0v) is 20.5. The zero-order valence-electron chi connectivity index (χ0n) is 19.7. The molecule has 2 aromatic carbocycles. The first-order valence-corrected chi connectivity index (χ1v) is 13.4. The molecule has 1 saturated heterocycles. The van der Waals surface area contributed by atoms with Gasteiger partial charge in [0, 0.05) is 47.7 Å². The Bertz CT molecular complexity index is 1490. The maximum Gasteiger partial charge on any atom is 0.175 e. The van der Waals surface area contributed by atoms with Crippen molar-refractivity contribution < 1.29 is 22.3 Å². The van der Waals surface area contributed by atoms with Crippen LogP contribution in [0.25, 0.3) is 21.8 Å². The molecule has 8 nitrogen and oxygen atoms in total. The van der Waals surface area contributed by atoms with Gasteiger partial charge in [-0.2, -0.15) is 10.2 Å². The van der Waals surface area contributed by atoms with Gasteiger partial charge in [0.25, 0.3) is 0 Å². The molecule has 35 heavy (non-hydrogen) atoms. The second-order valence-electron chi connectivity index (χ2n) is 8.93. The normalized spacial score (nSPS) is 16.1. The highest BCUT2D eigenvalue weighted by molar-refractivity contribution is 7.91. The van der Waals surface area contributed by atoms with Crippen LogP contribution in [-0.4, -0.2) is 66.2 Å². The van der Waals surface area contributed by atoms with Gasteiger partial charge in [-0.3, -0.25) is 0 Å². The van der Waals surface area contributed by atoms with Crippen LogP contribution in [0.3, 0.4) is 0 Å². The van der Waals surface area contributed by atoms with Gasteiger partial charge in [0.05, 0.1) is 24.3 Å². The number of aryl methyl sites for hydroxylation is 2. The number of benzene rings is 2. The summed E-state index contributed by atoms with van der Waals surface area (Å²) < 4.78 is 50.1. The molecule has 1 aliphatic heterocycles. The second-order valence-corrected chi connectivity index (χ2v) is 11.2. The predicted molar refractivity (Wildman–Crippen MR) is 133 cm³/mol. The van der Waals surface area contributed by atoms with Crippen molar-refractivity contribution in [2.24, 2.45) is 0 Å². The maximum absolute atomic E-state index is 15.0. The van der Waals surface area contributed by atoms with Gasteiger partial charge in [0.1, 0.15) is 11.3 Å². The lowest BCUT2D eigenvalue weighted by atomic mass is 10.1. The number of hydrogen-bond acceptors (Lipinski definition) is 7. The van der Waals surface area contributed by atoms with Crippen LogP contribution in [-0.2, 0) is 9.84 Å². The minimum Gasteiger partial charge on any atom is -0.493 e. The van der Waals surface area contributed by atoms with E-state index in [9.17, 15) is 8.42 Å². The summed E-state index contributed by atoms with van der Waals surface area (Å²) in [4.78, 5) is 5.27. The first-order chi connectivity index (χ1) is 16.8. The van der Waals surface area contributed by atoms with E-state index in [1.54, 1.807) is 18.2 Å². The Hall–Kier alpha value is -3.24. The molecule has 1 fully saturated rings. The van der Waals surface area contributed by atoms with Crippen molar-refractivity contribution in [3.05, 3.63) is 53.6 Å². The fourth-order valence-corrected chi connectivity index (χ4v) is 5.61. The van der Waals surface area contributed by atoms with Gasteiger partial charge in [0.2, 0.25) is 0 Å². The van der Waals surface area contributed by atoms with E-state index >= 15 is 4.39 Å². The molecule has 0 aliphatic carbocycles. The van der Waals surface area contributed by atoms with Crippen LogP contribution in [0.1, 0.15) is 17.7 Å². The Morgan fingerprint density at radius 1 is 1.06 bits per heavy atom. The Morgan fingerprint density at radius 2 is 1.86 bits per heavy atom. The lowest BCUT2D eigenvalue weighted by Gasteiger charge is -2.26. The molecule has 1 N–H and O–H groups in total. The van der Waals surface area contributed by atoms with Crippen molar-refractivity contribution in [2.75, 3.05) is 37.7 Å². The number of fused-ring (bicyclic) bond motifs is 2. The molecule has 0 spiro atoms. The van der Waals surface area contributed by atoms with E-state index in [0.717, 1.165) is 24.2 Å². The number of sulfone groups is 1. The van der Waals surface area contributed by atoms with E-state index < -0.39 is 15.7 Å². The highest BCUT2D eigenvalue weighted by atomic mass is 32.2. The van der Waals surface area contributed by atoms with Gasteiger partial charge in [-0.15, -0.1) is 0 Å². The number of halogens is 1. The van der Waals surface area contributed by atoms with E-state index in [1.165, 1.54) is 6.20 Å². The van der Waals surface area contributed by atoms with Crippen LogP contribution in [0.2, 0.25) is 0 Å². The summed E-state index contributed by atoms with van der Waals surface area (Å²) in [6, 6.07) is 8.86. The Labute approximate surface area is 203 Å². The van der Waals surface area contributed by atoms with Gasteiger partial charge >= 0.3 is 0 Å². The van der Waals surface area contributed by atoms with E-state index in [2.05, 4.69) is 20.1 Å². The van der Waals surface area contributed by atoms with Crippen molar-refractivity contribution in [1.82, 2.24) is 20.1 Å². The molecule has 0 unspecified atom stereocenters. The number of rotatable bonds is 7. The summed E-state index contributed by atoms with van der Waals surface area (Å²) in [7, 11) is -2.87. The van der Waals surface area contributed by atoms with Crippen LogP contribution < -0.4 is 9.47 Å². The Morgan fingerprint density at radius 3 is 2.66 bits per heavy atom. The van der Waals surface area contributed by atoms with Gasteiger partial charge in [-0.1, -0.05) is 0 Å². The average Bonchev–Trinajstić information content (AvgIpc) is 3.21.